The lowest BCUT2D eigenvalue weighted by Crippen LogP contribution is -2.45. The first-order valence-corrected chi connectivity index (χ1v) is 8.79. The molecule has 0 aliphatic carbocycles. The van der Waals surface area contributed by atoms with Crippen LogP contribution in [0.5, 0.6) is 0 Å². The predicted molar refractivity (Wildman–Crippen MR) is 97.3 cm³/mol. The van der Waals surface area contributed by atoms with Gasteiger partial charge in [-0.25, -0.2) is 4.39 Å². The summed E-state index contributed by atoms with van der Waals surface area (Å²) in [6, 6.07) is 5.99. The van der Waals surface area contributed by atoms with Gasteiger partial charge in [0.25, 0.3) is 0 Å². The molecule has 3 rings (SSSR count). The van der Waals surface area contributed by atoms with Crippen molar-refractivity contribution in [3.63, 3.8) is 0 Å². The summed E-state index contributed by atoms with van der Waals surface area (Å²) in [4.78, 5) is 14.4. The summed E-state index contributed by atoms with van der Waals surface area (Å²) in [5, 5.41) is 18.1. The van der Waals surface area contributed by atoms with Crippen LogP contribution >= 0.6 is 0 Å². The normalized spacial score (nSPS) is 17.3. The van der Waals surface area contributed by atoms with Gasteiger partial charge in [-0.1, -0.05) is 12.1 Å². The number of aliphatic hydroxyl groups is 1. The Bertz CT molecular complexity index is 793. The van der Waals surface area contributed by atoms with Crippen molar-refractivity contribution in [2.45, 2.75) is 32.3 Å². The Labute approximate surface area is 152 Å². The van der Waals surface area contributed by atoms with E-state index in [4.69, 9.17) is 0 Å². The molecule has 0 spiro atoms. The molecule has 26 heavy (non-hydrogen) atoms. The average Bonchev–Trinajstić information content (AvgIpc) is 2.84. The third-order valence-corrected chi connectivity index (χ3v) is 5.21. The van der Waals surface area contributed by atoms with Gasteiger partial charge < -0.3 is 10.4 Å². The van der Waals surface area contributed by atoms with Crippen molar-refractivity contribution in [3.05, 3.63) is 47.0 Å². The minimum absolute atomic E-state index is 0.0866. The van der Waals surface area contributed by atoms with Gasteiger partial charge in [-0.3, -0.25) is 14.4 Å². The number of benzene rings is 1. The third-order valence-electron chi connectivity index (χ3n) is 5.21. The van der Waals surface area contributed by atoms with E-state index in [2.05, 4.69) is 10.4 Å². The van der Waals surface area contributed by atoms with Gasteiger partial charge in [0.15, 0.2) is 0 Å². The fourth-order valence-corrected chi connectivity index (χ4v) is 3.47. The van der Waals surface area contributed by atoms with E-state index >= 15 is 0 Å². The number of halogens is 1. The van der Waals surface area contributed by atoms with Gasteiger partial charge in [-0.05, 0) is 44.4 Å². The molecule has 1 amide bonds. The van der Waals surface area contributed by atoms with Crippen molar-refractivity contribution in [3.8, 4) is 0 Å². The minimum atomic E-state index is -0.961. The van der Waals surface area contributed by atoms with E-state index in [0.717, 1.165) is 22.6 Å². The first-order valence-electron chi connectivity index (χ1n) is 8.79. The maximum Gasteiger partial charge on any atom is 0.238 e. The molecule has 1 fully saturated rings. The number of rotatable bonds is 4. The highest BCUT2D eigenvalue weighted by atomic mass is 19.1. The maximum absolute atomic E-state index is 13.1. The smallest absolute Gasteiger partial charge is 0.238 e. The summed E-state index contributed by atoms with van der Waals surface area (Å²) in [6.45, 7) is 5.26. The molecule has 140 valence electrons. The summed E-state index contributed by atoms with van der Waals surface area (Å²) >= 11 is 0. The average molecular weight is 360 g/mol. The molecule has 0 saturated carbocycles. The zero-order chi connectivity index (χ0) is 18.9. The van der Waals surface area contributed by atoms with Gasteiger partial charge in [0.1, 0.15) is 5.82 Å². The Morgan fingerprint density at radius 2 is 1.88 bits per heavy atom. The first-order chi connectivity index (χ1) is 12.3. The second-order valence-corrected chi connectivity index (χ2v) is 7.03. The number of hydrogen-bond donors (Lipinski definition) is 2. The molecule has 6 nitrogen and oxygen atoms in total. The van der Waals surface area contributed by atoms with E-state index in [0.29, 0.717) is 25.9 Å². The van der Waals surface area contributed by atoms with E-state index in [1.54, 1.807) is 16.8 Å². The first kappa shape index (κ1) is 18.5. The minimum Gasteiger partial charge on any atom is -0.385 e. The van der Waals surface area contributed by atoms with Crippen LogP contribution in [0.1, 0.15) is 29.8 Å². The van der Waals surface area contributed by atoms with Gasteiger partial charge >= 0.3 is 0 Å². The quantitative estimate of drug-likeness (QED) is 0.876. The Kier molecular flexibility index (Phi) is 5.11. The lowest BCUT2D eigenvalue weighted by molar-refractivity contribution is -0.118. The van der Waals surface area contributed by atoms with Crippen molar-refractivity contribution >= 4 is 11.6 Å². The molecular weight excluding hydrogens is 335 g/mol. The second-order valence-electron chi connectivity index (χ2n) is 7.03. The highest BCUT2D eigenvalue weighted by Crippen LogP contribution is 2.32. The van der Waals surface area contributed by atoms with Crippen LogP contribution in [0.25, 0.3) is 0 Å². The Balaban J connectivity index is 1.56. The molecule has 1 aromatic carbocycles. The lowest BCUT2D eigenvalue weighted by Gasteiger charge is -2.38. The van der Waals surface area contributed by atoms with E-state index in [9.17, 15) is 14.3 Å². The highest BCUT2D eigenvalue weighted by Gasteiger charge is 2.34. The van der Waals surface area contributed by atoms with Gasteiger partial charge in [-0.2, -0.15) is 5.10 Å². The Morgan fingerprint density at radius 3 is 2.42 bits per heavy atom. The van der Waals surface area contributed by atoms with E-state index in [-0.39, 0.29) is 18.3 Å². The summed E-state index contributed by atoms with van der Waals surface area (Å²) < 4.78 is 14.8. The molecule has 1 aromatic heterocycles. The van der Waals surface area contributed by atoms with Crippen LogP contribution in [0.4, 0.5) is 10.1 Å². The van der Waals surface area contributed by atoms with Crippen LogP contribution in [0.2, 0.25) is 0 Å². The lowest BCUT2D eigenvalue weighted by atomic mass is 9.84. The molecule has 1 aliphatic heterocycles. The van der Waals surface area contributed by atoms with Crippen molar-refractivity contribution in [2.24, 2.45) is 7.05 Å². The number of amides is 1. The number of aromatic nitrogens is 2. The van der Waals surface area contributed by atoms with Crippen molar-refractivity contribution in [1.82, 2.24) is 14.7 Å². The van der Waals surface area contributed by atoms with Gasteiger partial charge in [0, 0.05) is 20.1 Å². The fourth-order valence-electron chi connectivity index (χ4n) is 3.47. The van der Waals surface area contributed by atoms with E-state index < -0.39 is 5.60 Å². The van der Waals surface area contributed by atoms with Gasteiger partial charge in [-0.15, -0.1) is 0 Å². The Morgan fingerprint density at radius 1 is 1.27 bits per heavy atom. The molecule has 0 bridgehead atoms. The number of nitrogens with zero attached hydrogens (tertiary/aromatic N) is 3. The SMILES string of the molecule is Cc1nn(C)c(C)c1NC(=O)CN1CCC(O)(c2ccc(F)cc2)CC1. The molecular formula is C19H25FN4O2. The van der Waals surface area contributed by atoms with Crippen LogP contribution in [0.3, 0.4) is 0 Å². The number of carbonyl (C=O) groups excluding carboxylic acids is 1. The molecule has 2 N–H and O–H groups in total. The number of anilines is 1. The van der Waals surface area contributed by atoms with Crippen LogP contribution < -0.4 is 5.32 Å². The highest BCUT2D eigenvalue weighted by molar-refractivity contribution is 5.93. The second kappa shape index (κ2) is 7.17. The molecule has 0 unspecified atom stereocenters. The molecule has 2 heterocycles. The summed E-state index contributed by atoms with van der Waals surface area (Å²) in [5.41, 5.74) is 2.24. The monoisotopic (exact) mass is 360 g/mol. The fraction of sp³-hybridized carbons (Fsp3) is 0.474. The topological polar surface area (TPSA) is 70.4 Å². The standard InChI is InChI=1S/C19H25FN4O2/c1-13-18(14(2)23(3)22-13)21-17(25)12-24-10-8-19(26,9-11-24)15-4-6-16(20)7-5-15/h4-7,26H,8-12H2,1-3H3,(H,21,25). The van der Waals surface area contributed by atoms with Crippen molar-refractivity contribution in [1.29, 1.82) is 0 Å². The third kappa shape index (κ3) is 3.78. The zero-order valence-electron chi connectivity index (χ0n) is 15.4. The maximum atomic E-state index is 13.1. The van der Waals surface area contributed by atoms with E-state index in [1.807, 2.05) is 25.8 Å². The van der Waals surface area contributed by atoms with Crippen molar-refractivity contribution in [2.75, 3.05) is 25.0 Å². The molecule has 1 saturated heterocycles. The molecule has 1 aliphatic rings. The van der Waals surface area contributed by atoms with Crippen molar-refractivity contribution < 1.29 is 14.3 Å². The number of likely N-dealkylation sites (tertiary alicyclic amines) is 1. The summed E-state index contributed by atoms with van der Waals surface area (Å²) in [6.07, 6.45) is 1.02. The van der Waals surface area contributed by atoms with Crippen LogP contribution in [0, 0.1) is 19.7 Å². The van der Waals surface area contributed by atoms with Crippen LogP contribution in [-0.4, -0.2) is 45.3 Å². The summed E-state index contributed by atoms with van der Waals surface area (Å²) in [7, 11) is 1.85. The van der Waals surface area contributed by atoms with Crippen LogP contribution in [0.15, 0.2) is 24.3 Å². The van der Waals surface area contributed by atoms with E-state index in [1.165, 1.54) is 12.1 Å². The van der Waals surface area contributed by atoms with Crippen LogP contribution in [-0.2, 0) is 17.4 Å². The largest absolute Gasteiger partial charge is 0.385 e. The number of carbonyl (C=O) groups is 1. The Hall–Kier alpha value is -2.25. The predicted octanol–water partition coefficient (Wildman–Crippen LogP) is 2.10. The number of hydrogen-bond acceptors (Lipinski definition) is 4. The zero-order valence-corrected chi connectivity index (χ0v) is 15.4. The number of nitrogens with one attached hydrogen (secondary N) is 1. The number of aryl methyl sites for hydroxylation is 2. The van der Waals surface area contributed by atoms with Gasteiger partial charge in [0.05, 0.1) is 29.2 Å². The molecule has 0 atom stereocenters. The molecule has 7 heteroatoms. The number of piperidine rings is 1. The van der Waals surface area contributed by atoms with Gasteiger partial charge in [0.2, 0.25) is 5.91 Å². The molecule has 0 radical (unpaired) electrons. The molecule has 2 aromatic rings. The summed E-state index contributed by atoms with van der Waals surface area (Å²) in [5.74, 6) is -0.399.